The number of carbonyl (C=O) groups excluding carboxylic acids is 1. The number of para-hydroxylation sites is 1. The summed E-state index contributed by atoms with van der Waals surface area (Å²) in [6.45, 7) is 0. The molecule has 0 saturated heterocycles. The Bertz CT molecular complexity index is 2360. The van der Waals surface area contributed by atoms with E-state index < -0.39 is 0 Å². The first kappa shape index (κ1) is 26.4. The third-order valence-corrected chi connectivity index (χ3v) is 9.08. The van der Waals surface area contributed by atoms with E-state index in [4.69, 9.17) is 0 Å². The van der Waals surface area contributed by atoms with Gasteiger partial charge in [-0.3, -0.25) is 4.79 Å². The highest BCUT2D eigenvalue weighted by Crippen LogP contribution is 2.41. The van der Waals surface area contributed by atoms with Crippen LogP contribution < -0.4 is 5.32 Å². The minimum atomic E-state index is -0.137. The number of benzene rings is 8. The molecule has 0 aliphatic carbocycles. The van der Waals surface area contributed by atoms with Gasteiger partial charge in [0.25, 0.3) is 5.91 Å². The molecule has 8 aromatic rings. The zero-order valence-electron chi connectivity index (χ0n) is 23.7. The Morgan fingerprint density at radius 1 is 0.432 bits per heavy atom. The Labute approximate surface area is 263 Å². The van der Waals surface area contributed by atoms with Gasteiger partial charge in [-0.15, -0.1) is 0 Å². The highest BCUT2D eigenvalue weighted by molar-refractivity contribution is 9.10. The third kappa shape index (κ3) is 4.45. The predicted octanol–water partition coefficient (Wildman–Crippen LogP) is 11.6. The number of nitrogens with one attached hydrogen (secondary N) is 1. The average molecular weight is 629 g/mol. The maximum atomic E-state index is 13.2. The molecular formula is C41H26BrNO. The van der Waals surface area contributed by atoms with Crippen LogP contribution in [0.5, 0.6) is 0 Å². The molecule has 0 fully saturated rings. The Morgan fingerprint density at radius 2 is 0.932 bits per heavy atom. The first-order valence-electron chi connectivity index (χ1n) is 14.7. The number of hydrogen-bond donors (Lipinski definition) is 1. The molecule has 1 N–H and O–H groups in total. The van der Waals surface area contributed by atoms with Crippen molar-refractivity contribution in [3.8, 4) is 22.3 Å². The van der Waals surface area contributed by atoms with Gasteiger partial charge in [-0.1, -0.05) is 131 Å². The molecular weight excluding hydrogens is 602 g/mol. The molecule has 208 valence electrons. The number of amides is 1. The zero-order valence-corrected chi connectivity index (χ0v) is 25.3. The van der Waals surface area contributed by atoms with E-state index in [0.717, 1.165) is 26.7 Å². The van der Waals surface area contributed by atoms with E-state index >= 15 is 0 Å². The van der Waals surface area contributed by atoms with Gasteiger partial charge in [-0.2, -0.15) is 0 Å². The molecule has 0 unspecified atom stereocenters. The van der Waals surface area contributed by atoms with E-state index in [1.807, 2.05) is 42.5 Å². The Kier molecular flexibility index (Phi) is 6.47. The van der Waals surface area contributed by atoms with Gasteiger partial charge < -0.3 is 5.32 Å². The lowest BCUT2D eigenvalue weighted by molar-refractivity contribution is 0.102. The first-order valence-corrected chi connectivity index (χ1v) is 15.5. The maximum absolute atomic E-state index is 13.2. The van der Waals surface area contributed by atoms with Crippen LogP contribution in [0.1, 0.15) is 10.4 Å². The predicted molar refractivity (Wildman–Crippen MR) is 189 cm³/mol. The molecule has 0 aliphatic heterocycles. The van der Waals surface area contributed by atoms with Crippen molar-refractivity contribution in [1.82, 2.24) is 0 Å². The summed E-state index contributed by atoms with van der Waals surface area (Å²) in [5, 5.41) is 13.1. The molecule has 0 atom stereocenters. The van der Waals surface area contributed by atoms with E-state index in [2.05, 4.69) is 130 Å². The Balaban J connectivity index is 1.27. The summed E-state index contributed by atoms with van der Waals surface area (Å²) in [6, 6.07) is 52.6. The maximum Gasteiger partial charge on any atom is 0.255 e. The quantitative estimate of drug-likeness (QED) is 0.193. The second-order valence-corrected chi connectivity index (χ2v) is 12.0. The number of halogens is 1. The van der Waals surface area contributed by atoms with Gasteiger partial charge in [0.1, 0.15) is 0 Å². The van der Waals surface area contributed by atoms with Crippen molar-refractivity contribution in [2.75, 3.05) is 5.32 Å². The fraction of sp³-hybridized carbons (Fsp3) is 0. The van der Waals surface area contributed by atoms with Crippen LogP contribution in [0.25, 0.3) is 65.3 Å². The molecule has 0 spiro atoms. The van der Waals surface area contributed by atoms with Gasteiger partial charge in [0.2, 0.25) is 0 Å². The van der Waals surface area contributed by atoms with Crippen LogP contribution in [-0.4, -0.2) is 5.91 Å². The minimum Gasteiger partial charge on any atom is -0.321 e. The number of hydrogen-bond acceptors (Lipinski definition) is 1. The van der Waals surface area contributed by atoms with Gasteiger partial charge in [-0.25, -0.2) is 0 Å². The lowest BCUT2D eigenvalue weighted by Crippen LogP contribution is -2.12. The second kappa shape index (κ2) is 10.8. The molecule has 44 heavy (non-hydrogen) atoms. The Hall–Kier alpha value is -5.25. The monoisotopic (exact) mass is 627 g/mol. The SMILES string of the molecule is O=C(Nc1ccccc1-c1ccc(-c2ccc3c4ccccc4c4ccccc4c3c2)c2ccccc12)c1ccc(Br)cc1. The lowest BCUT2D eigenvalue weighted by Gasteiger charge is -2.16. The highest BCUT2D eigenvalue weighted by Gasteiger charge is 2.16. The molecule has 0 aliphatic rings. The van der Waals surface area contributed by atoms with Crippen molar-refractivity contribution in [3.05, 3.63) is 162 Å². The number of carbonyl (C=O) groups is 1. The van der Waals surface area contributed by atoms with E-state index in [1.54, 1.807) is 0 Å². The van der Waals surface area contributed by atoms with Crippen molar-refractivity contribution in [2.24, 2.45) is 0 Å². The van der Waals surface area contributed by atoms with Crippen LogP contribution >= 0.6 is 15.9 Å². The van der Waals surface area contributed by atoms with Crippen LogP contribution in [0.15, 0.2) is 156 Å². The topological polar surface area (TPSA) is 29.1 Å². The number of anilines is 1. The largest absolute Gasteiger partial charge is 0.321 e. The third-order valence-electron chi connectivity index (χ3n) is 8.55. The summed E-state index contributed by atoms with van der Waals surface area (Å²) in [5.41, 5.74) is 5.81. The molecule has 0 heterocycles. The van der Waals surface area contributed by atoms with E-state index in [-0.39, 0.29) is 5.91 Å². The second-order valence-electron chi connectivity index (χ2n) is 11.1. The normalized spacial score (nSPS) is 11.4. The number of rotatable bonds is 4. The standard InChI is InChI=1S/C41H26BrNO/c42-28-20-17-26(18-21-28)41(44)43-40-16-8-7-15-38(40)36-24-23-29(30-9-1-2-10-31(30)36)27-19-22-37-34-13-4-3-11-32(34)33-12-5-6-14-35(33)39(37)25-27/h1-25H,(H,43,44). The smallest absolute Gasteiger partial charge is 0.255 e. The van der Waals surface area contributed by atoms with E-state index in [1.165, 1.54) is 48.8 Å². The fourth-order valence-corrected chi connectivity index (χ4v) is 6.75. The molecule has 3 heteroatoms. The lowest BCUT2D eigenvalue weighted by atomic mass is 9.89. The molecule has 0 aromatic heterocycles. The van der Waals surface area contributed by atoms with Gasteiger partial charge in [-0.05, 0) is 96.2 Å². The van der Waals surface area contributed by atoms with E-state index in [9.17, 15) is 4.79 Å². The summed E-state index contributed by atoms with van der Waals surface area (Å²) in [4.78, 5) is 13.2. The first-order chi connectivity index (χ1) is 21.7. The average Bonchev–Trinajstić information content (AvgIpc) is 3.08. The number of fused-ring (bicyclic) bond motifs is 7. The molecule has 2 nitrogen and oxygen atoms in total. The van der Waals surface area contributed by atoms with Crippen molar-refractivity contribution >= 4 is 70.6 Å². The molecule has 0 bridgehead atoms. The molecule has 0 radical (unpaired) electrons. The molecule has 8 rings (SSSR count). The summed E-state index contributed by atoms with van der Waals surface area (Å²) in [7, 11) is 0. The van der Waals surface area contributed by atoms with Crippen LogP contribution in [0, 0.1) is 0 Å². The van der Waals surface area contributed by atoms with Crippen LogP contribution in [0.2, 0.25) is 0 Å². The van der Waals surface area contributed by atoms with Crippen molar-refractivity contribution in [2.45, 2.75) is 0 Å². The Morgan fingerprint density at radius 3 is 1.59 bits per heavy atom. The molecule has 1 amide bonds. The van der Waals surface area contributed by atoms with Crippen molar-refractivity contribution < 1.29 is 4.79 Å². The van der Waals surface area contributed by atoms with Gasteiger partial charge >= 0.3 is 0 Å². The zero-order chi connectivity index (χ0) is 29.6. The highest BCUT2D eigenvalue weighted by atomic mass is 79.9. The summed E-state index contributed by atoms with van der Waals surface area (Å²) in [5.74, 6) is -0.137. The van der Waals surface area contributed by atoms with Gasteiger partial charge in [0.05, 0.1) is 0 Å². The molecule has 0 saturated carbocycles. The fourth-order valence-electron chi connectivity index (χ4n) is 6.48. The molecule has 8 aromatic carbocycles. The summed E-state index contributed by atoms with van der Waals surface area (Å²) >= 11 is 3.45. The van der Waals surface area contributed by atoms with Crippen LogP contribution in [0.4, 0.5) is 5.69 Å². The van der Waals surface area contributed by atoms with Gasteiger partial charge in [0.15, 0.2) is 0 Å². The van der Waals surface area contributed by atoms with Crippen molar-refractivity contribution in [1.29, 1.82) is 0 Å². The summed E-state index contributed by atoms with van der Waals surface area (Å²) < 4.78 is 0.939. The van der Waals surface area contributed by atoms with Crippen molar-refractivity contribution in [3.63, 3.8) is 0 Å². The van der Waals surface area contributed by atoms with Crippen LogP contribution in [0.3, 0.4) is 0 Å². The van der Waals surface area contributed by atoms with E-state index in [0.29, 0.717) is 5.56 Å². The minimum absolute atomic E-state index is 0.137. The van der Waals surface area contributed by atoms with Crippen LogP contribution in [-0.2, 0) is 0 Å². The summed E-state index contributed by atoms with van der Waals surface area (Å²) in [6.07, 6.45) is 0. The van der Waals surface area contributed by atoms with Gasteiger partial charge in [0, 0.05) is 21.3 Å².